The van der Waals surface area contributed by atoms with E-state index in [1.807, 2.05) is 88.5 Å². The first-order valence-corrected chi connectivity index (χ1v) is 13.7. The van der Waals surface area contributed by atoms with E-state index in [-0.39, 0.29) is 0 Å². The highest BCUT2D eigenvalue weighted by Crippen LogP contribution is 2.27. The highest BCUT2D eigenvalue weighted by atomic mass is 35.5. The van der Waals surface area contributed by atoms with Gasteiger partial charge in [0.05, 0.1) is 42.6 Å². The lowest BCUT2D eigenvalue weighted by atomic mass is 10.2. The van der Waals surface area contributed by atoms with Crippen LogP contribution in [0, 0.1) is 0 Å². The van der Waals surface area contributed by atoms with E-state index < -0.39 is 0 Å². The molecule has 38 heavy (non-hydrogen) atoms. The van der Waals surface area contributed by atoms with Crippen LogP contribution in [-0.4, -0.2) is 39.5 Å². The maximum atomic E-state index is 6.01. The number of aromatic nitrogens is 8. The van der Waals surface area contributed by atoms with E-state index >= 15 is 0 Å². The average molecular weight is 562 g/mol. The summed E-state index contributed by atoms with van der Waals surface area (Å²) in [4.78, 5) is 4.88. The van der Waals surface area contributed by atoms with E-state index in [0.29, 0.717) is 30.4 Å². The molecule has 3 aromatic carbocycles. The Morgan fingerprint density at radius 1 is 0.658 bits per heavy atom. The van der Waals surface area contributed by atoms with Gasteiger partial charge in [-0.15, -0.1) is 10.2 Å². The van der Waals surface area contributed by atoms with Crippen molar-refractivity contribution in [1.29, 1.82) is 0 Å². The van der Waals surface area contributed by atoms with Crippen molar-refractivity contribution in [3.63, 3.8) is 0 Å². The van der Waals surface area contributed by atoms with Gasteiger partial charge in [0.25, 0.3) is 0 Å². The first kappa shape index (κ1) is 24.7. The molecular formula is C27H22Cl2N8S. The lowest BCUT2D eigenvalue weighted by Crippen LogP contribution is -2.02. The summed E-state index contributed by atoms with van der Waals surface area (Å²) in [6.45, 7) is 1.83. The number of imidazole rings is 1. The standard InChI is InChI=1S/C27H22Cl2N8S/c28-21-9-5-19(6-10-21)13-35-15-23(31-33-35)17-37-26-4-2-1-3-25(26)30-27(37)38-18-24-16-36(34-32-24)14-20-7-11-22(29)12-8-20/h1-12,15-16H,13-14,17-18H2. The molecule has 3 aromatic heterocycles. The fourth-order valence-corrected chi connectivity index (χ4v) is 5.28. The van der Waals surface area contributed by atoms with Crippen LogP contribution < -0.4 is 0 Å². The fraction of sp³-hybridized carbons (Fsp3) is 0.148. The molecule has 0 aliphatic rings. The van der Waals surface area contributed by atoms with E-state index in [4.69, 9.17) is 28.2 Å². The third kappa shape index (κ3) is 5.75. The van der Waals surface area contributed by atoms with Crippen molar-refractivity contribution in [2.24, 2.45) is 0 Å². The molecule has 3 heterocycles. The van der Waals surface area contributed by atoms with Gasteiger partial charge in [-0.25, -0.2) is 14.3 Å². The number of rotatable bonds is 9. The van der Waals surface area contributed by atoms with E-state index in [9.17, 15) is 0 Å². The third-order valence-electron chi connectivity index (χ3n) is 5.98. The maximum absolute atomic E-state index is 6.01. The molecule has 8 nitrogen and oxygen atoms in total. The van der Waals surface area contributed by atoms with Crippen molar-refractivity contribution in [3.8, 4) is 0 Å². The Bertz CT molecular complexity index is 1670. The molecule has 0 saturated carbocycles. The fourth-order valence-electron chi connectivity index (χ4n) is 4.14. The Morgan fingerprint density at radius 2 is 1.24 bits per heavy atom. The predicted molar refractivity (Wildman–Crippen MR) is 150 cm³/mol. The molecule has 0 unspecified atom stereocenters. The molecule has 6 rings (SSSR count). The zero-order valence-electron chi connectivity index (χ0n) is 20.2. The molecule has 0 atom stereocenters. The Labute approximate surface area is 233 Å². The van der Waals surface area contributed by atoms with Gasteiger partial charge in [0.2, 0.25) is 0 Å². The van der Waals surface area contributed by atoms with Crippen molar-refractivity contribution in [3.05, 3.63) is 118 Å². The summed E-state index contributed by atoms with van der Waals surface area (Å²) in [5, 5.41) is 19.7. The van der Waals surface area contributed by atoms with Crippen molar-refractivity contribution < 1.29 is 0 Å². The summed E-state index contributed by atoms with van der Waals surface area (Å²) < 4.78 is 5.85. The second-order valence-corrected chi connectivity index (χ2v) is 10.6. The van der Waals surface area contributed by atoms with E-state index in [1.54, 1.807) is 11.8 Å². The Balaban J connectivity index is 1.17. The van der Waals surface area contributed by atoms with Gasteiger partial charge >= 0.3 is 0 Å². The minimum absolute atomic E-state index is 0.562. The Hall–Kier alpha value is -3.66. The van der Waals surface area contributed by atoms with Crippen LogP contribution in [0.3, 0.4) is 0 Å². The highest BCUT2D eigenvalue weighted by Gasteiger charge is 2.14. The van der Waals surface area contributed by atoms with Crippen LogP contribution >= 0.6 is 35.0 Å². The molecule has 6 aromatic rings. The smallest absolute Gasteiger partial charge is 0.169 e. The SMILES string of the molecule is Clc1ccc(Cn2cc(CSc3nc4ccccc4n3Cc3cn(Cc4ccc(Cl)cc4)nn3)nn2)cc1. The van der Waals surface area contributed by atoms with Crippen molar-refractivity contribution >= 4 is 46.0 Å². The number of hydrogen-bond acceptors (Lipinski definition) is 6. The number of nitrogens with zero attached hydrogens (tertiary/aromatic N) is 8. The first-order valence-electron chi connectivity index (χ1n) is 11.9. The van der Waals surface area contributed by atoms with E-state index in [2.05, 4.69) is 31.3 Å². The number of thioether (sulfide) groups is 1. The third-order valence-corrected chi connectivity index (χ3v) is 7.49. The van der Waals surface area contributed by atoms with E-state index in [0.717, 1.165) is 43.7 Å². The summed E-state index contributed by atoms with van der Waals surface area (Å²) in [7, 11) is 0. The normalized spacial score (nSPS) is 11.4. The predicted octanol–water partition coefficient (Wildman–Crippen LogP) is 5.96. The second-order valence-electron chi connectivity index (χ2n) is 8.83. The molecule has 0 saturated heterocycles. The van der Waals surface area contributed by atoms with Crippen LogP contribution in [-0.2, 0) is 25.4 Å². The second kappa shape index (κ2) is 11.0. The summed E-state index contributed by atoms with van der Waals surface area (Å²) in [5.41, 5.74) is 5.96. The number of halogens is 2. The molecule has 0 spiro atoms. The lowest BCUT2D eigenvalue weighted by Gasteiger charge is -2.06. The zero-order valence-corrected chi connectivity index (χ0v) is 22.5. The summed E-state index contributed by atoms with van der Waals surface area (Å²) >= 11 is 13.6. The molecule has 190 valence electrons. The van der Waals surface area contributed by atoms with Gasteiger partial charge in [0, 0.05) is 22.0 Å². The van der Waals surface area contributed by atoms with Gasteiger partial charge < -0.3 is 4.57 Å². The number of hydrogen-bond donors (Lipinski definition) is 0. The number of fused-ring (bicyclic) bond motifs is 1. The minimum Gasteiger partial charge on any atom is -0.313 e. The van der Waals surface area contributed by atoms with Crippen molar-refractivity contribution in [2.45, 2.75) is 30.5 Å². The average Bonchev–Trinajstić information content (AvgIpc) is 3.65. The molecule has 0 fully saturated rings. The summed E-state index contributed by atoms with van der Waals surface area (Å²) in [5.74, 6) is 0.646. The van der Waals surface area contributed by atoms with E-state index in [1.165, 1.54) is 0 Å². The molecule has 11 heteroatoms. The quantitative estimate of drug-likeness (QED) is 0.203. The molecule has 0 aliphatic heterocycles. The molecule has 0 aliphatic carbocycles. The maximum Gasteiger partial charge on any atom is 0.169 e. The Kier molecular flexibility index (Phi) is 7.13. The summed E-state index contributed by atoms with van der Waals surface area (Å²) in [6.07, 6.45) is 3.94. The van der Waals surface area contributed by atoms with Gasteiger partial charge in [-0.3, -0.25) is 0 Å². The largest absolute Gasteiger partial charge is 0.313 e. The van der Waals surface area contributed by atoms with Crippen LogP contribution in [0.2, 0.25) is 10.0 Å². The van der Waals surface area contributed by atoms with Gasteiger partial charge in [-0.2, -0.15) is 0 Å². The summed E-state index contributed by atoms with van der Waals surface area (Å²) in [6, 6.07) is 23.6. The molecule has 0 radical (unpaired) electrons. The minimum atomic E-state index is 0.562. The van der Waals surface area contributed by atoms with Gasteiger partial charge in [-0.05, 0) is 47.5 Å². The first-order chi connectivity index (χ1) is 18.6. The van der Waals surface area contributed by atoms with Crippen LogP contribution in [0.1, 0.15) is 22.5 Å². The van der Waals surface area contributed by atoms with Gasteiger partial charge in [0.15, 0.2) is 5.16 Å². The van der Waals surface area contributed by atoms with Crippen LogP contribution in [0.25, 0.3) is 11.0 Å². The van der Waals surface area contributed by atoms with Crippen LogP contribution in [0.5, 0.6) is 0 Å². The van der Waals surface area contributed by atoms with Crippen LogP contribution in [0.4, 0.5) is 0 Å². The Morgan fingerprint density at radius 3 is 1.89 bits per heavy atom. The van der Waals surface area contributed by atoms with Crippen molar-refractivity contribution in [2.75, 3.05) is 0 Å². The molecule has 0 amide bonds. The zero-order chi connectivity index (χ0) is 25.9. The number of para-hydroxylation sites is 2. The molecule has 0 N–H and O–H groups in total. The molecular weight excluding hydrogens is 539 g/mol. The van der Waals surface area contributed by atoms with Gasteiger partial charge in [-0.1, -0.05) is 81.8 Å². The van der Waals surface area contributed by atoms with Gasteiger partial charge in [0.1, 0.15) is 5.69 Å². The van der Waals surface area contributed by atoms with Crippen molar-refractivity contribution in [1.82, 2.24) is 39.5 Å². The van der Waals surface area contributed by atoms with Crippen LogP contribution in [0.15, 0.2) is 90.3 Å². The monoisotopic (exact) mass is 560 g/mol. The lowest BCUT2D eigenvalue weighted by molar-refractivity contribution is 0.648. The molecule has 0 bridgehead atoms. The number of benzene rings is 3. The topological polar surface area (TPSA) is 79.2 Å². The highest BCUT2D eigenvalue weighted by molar-refractivity contribution is 7.98.